The van der Waals surface area contributed by atoms with Crippen molar-refractivity contribution in [2.24, 2.45) is 0 Å². The maximum atomic E-state index is 12.8. The molecule has 0 fully saturated rings. The minimum absolute atomic E-state index is 0.0729. The Morgan fingerprint density at radius 1 is 0.694 bits per heavy atom. The van der Waals surface area contributed by atoms with Crippen LogP contribution in [-0.4, -0.2) is 73.4 Å². The SMILES string of the molecule is CCCCCC/C=C\C/C=C\CCCCCCCCCC(=O)NC(COP(=O)(O)OCC[N+](C)(C)C)C(O)CCCCCCCCCCC. The summed E-state index contributed by atoms with van der Waals surface area (Å²) in [7, 11) is 1.61. The van der Waals surface area contributed by atoms with E-state index in [1.54, 1.807) is 0 Å². The molecule has 0 saturated carbocycles. The average molecular weight is 716 g/mol. The Morgan fingerprint density at radius 3 is 1.69 bits per heavy atom. The van der Waals surface area contributed by atoms with Gasteiger partial charge in [0.15, 0.2) is 0 Å². The zero-order valence-electron chi connectivity index (χ0n) is 32.7. The van der Waals surface area contributed by atoms with Gasteiger partial charge in [-0.15, -0.1) is 0 Å². The van der Waals surface area contributed by atoms with E-state index in [0.29, 0.717) is 23.9 Å². The van der Waals surface area contributed by atoms with Crippen LogP contribution in [0.1, 0.15) is 174 Å². The second-order valence-corrected chi connectivity index (χ2v) is 16.5. The van der Waals surface area contributed by atoms with Crippen LogP contribution in [0.2, 0.25) is 0 Å². The van der Waals surface area contributed by atoms with Gasteiger partial charge in [0.2, 0.25) is 5.91 Å². The highest BCUT2D eigenvalue weighted by Crippen LogP contribution is 2.43. The van der Waals surface area contributed by atoms with Crippen LogP contribution in [0, 0.1) is 0 Å². The first-order valence-corrected chi connectivity index (χ1v) is 21.7. The number of aliphatic hydroxyl groups excluding tert-OH is 1. The zero-order valence-corrected chi connectivity index (χ0v) is 33.6. The molecule has 49 heavy (non-hydrogen) atoms. The van der Waals surface area contributed by atoms with Crippen molar-refractivity contribution in [3.63, 3.8) is 0 Å². The Labute approximate surface area is 303 Å². The van der Waals surface area contributed by atoms with Gasteiger partial charge in [-0.3, -0.25) is 13.8 Å². The summed E-state index contributed by atoms with van der Waals surface area (Å²) in [4.78, 5) is 23.0. The van der Waals surface area contributed by atoms with E-state index in [1.165, 1.54) is 96.3 Å². The molecule has 0 rings (SSSR count). The van der Waals surface area contributed by atoms with Crippen molar-refractivity contribution >= 4 is 13.7 Å². The molecule has 8 nitrogen and oxygen atoms in total. The van der Waals surface area contributed by atoms with Gasteiger partial charge in [0.1, 0.15) is 13.2 Å². The van der Waals surface area contributed by atoms with E-state index in [-0.39, 0.29) is 19.1 Å². The highest BCUT2D eigenvalue weighted by Gasteiger charge is 2.28. The van der Waals surface area contributed by atoms with E-state index < -0.39 is 20.0 Å². The molecule has 0 aliphatic carbocycles. The standard InChI is InChI=1S/C40H79N2O6P/c1-6-8-10-12-14-16-17-18-19-20-21-22-23-24-26-28-30-32-34-40(44)41-38(37-48-49(45,46)47-36-35-42(3,4)5)39(43)33-31-29-27-25-15-13-11-9-7-2/h16-17,19-20,38-39,43H,6-15,18,21-37H2,1-5H3,(H-,41,44,45,46)/p+1/b17-16-,20-19-. The number of aliphatic hydroxyl groups is 1. The summed E-state index contributed by atoms with van der Waals surface area (Å²) < 4.78 is 23.5. The van der Waals surface area contributed by atoms with Crippen molar-refractivity contribution in [1.82, 2.24) is 5.32 Å². The second kappa shape index (κ2) is 32.9. The smallest absolute Gasteiger partial charge is 0.391 e. The maximum Gasteiger partial charge on any atom is 0.472 e. The van der Waals surface area contributed by atoms with Crippen LogP contribution in [0.5, 0.6) is 0 Å². The number of hydrogen-bond donors (Lipinski definition) is 3. The molecule has 0 aromatic rings. The average Bonchev–Trinajstić information content (AvgIpc) is 3.04. The number of unbranched alkanes of at least 4 members (excludes halogenated alkanes) is 19. The Morgan fingerprint density at radius 2 is 1.16 bits per heavy atom. The van der Waals surface area contributed by atoms with Crippen molar-refractivity contribution in [3.8, 4) is 0 Å². The monoisotopic (exact) mass is 716 g/mol. The fourth-order valence-corrected chi connectivity index (χ4v) is 6.40. The number of nitrogens with one attached hydrogen (secondary N) is 1. The van der Waals surface area contributed by atoms with E-state index in [9.17, 15) is 19.4 Å². The lowest BCUT2D eigenvalue weighted by molar-refractivity contribution is -0.870. The Kier molecular flexibility index (Phi) is 32.2. The highest BCUT2D eigenvalue weighted by molar-refractivity contribution is 7.47. The number of allylic oxidation sites excluding steroid dienone is 4. The number of phosphoric ester groups is 1. The summed E-state index contributed by atoms with van der Waals surface area (Å²) in [5, 5.41) is 13.8. The van der Waals surface area contributed by atoms with E-state index in [4.69, 9.17) is 9.05 Å². The molecule has 0 aromatic carbocycles. The second-order valence-electron chi connectivity index (χ2n) is 15.0. The molecule has 0 radical (unpaired) electrons. The minimum Gasteiger partial charge on any atom is -0.391 e. The van der Waals surface area contributed by atoms with Gasteiger partial charge in [0.05, 0.1) is 39.9 Å². The third-order valence-electron chi connectivity index (χ3n) is 8.95. The lowest BCUT2D eigenvalue weighted by atomic mass is 10.0. The molecule has 3 unspecified atom stereocenters. The molecule has 0 heterocycles. The first-order valence-electron chi connectivity index (χ1n) is 20.2. The quantitative estimate of drug-likeness (QED) is 0.0258. The normalized spacial score (nSPS) is 14.8. The van der Waals surface area contributed by atoms with E-state index in [0.717, 1.165) is 51.4 Å². The number of phosphoric acid groups is 1. The van der Waals surface area contributed by atoms with Crippen LogP contribution in [0.15, 0.2) is 24.3 Å². The van der Waals surface area contributed by atoms with Crippen molar-refractivity contribution in [1.29, 1.82) is 0 Å². The predicted molar refractivity (Wildman–Crippen MR) is 208 cm³/mol. The molecule has 0 aliphatic rings. The van der Waals surface area contributed by atoms with E-state index >= 15 is 0 Å². The van der Waals surface area contributed by atoms with Crippen LogP contribution < -0.4 is 5.32 Å². The van der Waals surface area contributed by atoms with Crippen molar-refractivity contribution < 1.29 is 32.9 Å². The lowest BCUT2D eigenvalue weighted by Crippen LogP contribution is -2.46. The first-order chi connectivity index (χ1) is 23.5. The number of carbonyl (C=O) groups excluding carboxylic acids is 1. The third-order valence-corrected chi connectivity index (χ3v) is 9.94. The van der Waals surface area contributed by atoms with Crippen LogP contribution in [-0.2, 0) is 18.4 Å². The van der Waals surface area contributed by atoms with Gasteiger partial charge in [-0.1, -0.05) is 147 Å². The number of amides is 1. The number of quaternary nitrogens is 1. The summed E-state index contributed by atoms with van der Waals surface area (Å²) in [6.45, 7) is 4.82. The highest BCUT2D eigenvalue weighted by atomic mass is 31.2. The van der Waals surface area contributed by atoms with Gasteiger partial charge in [0, 0.05) is 6.42 Å². The predicted octanol–water partition coefficient (Wildman–Crippen LogP) is 10.6. The van der Waals surface area contributed by atoms with Gasteiger partial charge in [-0.2, -0.15) is 0 Å². The van der Waals surface area contributed by atoms with Crippen LogP contribution >= 0.6 is 7.82 Å². The van der Waals surface area contributed by atoms with Crippen LogP contribution in [0.4, 0.5) is 0 Å². The summed E-state index contributed by atoms with van der Waals surface area (Å²) >= 11 is 0. The molecule has 1 amide bonds. The summed E-state index contributed by atoms with van der Waals surface area (Å²) in [6.07, 6.45) is 36.3. The number of hydrogen-bond acceptors (Lipinski definition) is 5. The van der Waals surface area contributed by atoms with E-state index in [1.807, 2.05) is 21.1 Å². The summed E-state index contributed by atoms with van der Waals surface area (Å²) in [6, 6.07) is -0.760. The fourth-order valence-electron chi connectivity index (χ4n) is 5.66. The fraction of sp³-hybridized carbons (Fsp3) is 0.875. The van der Waals surface area contributed by atoms with Gasteiger partial charge >= 0.3 is 7.82 Å². The van der Waals surface area contributed by atoms with Crippen LogP contribution in [0.25, 0.3) is 0 Å². The number of carbonyl (C=O) groups is 1. The van der Waals surface area contributed by atoms with Gasteiger partial charge in [0.25, 0.3) is 0 Å². The maximum absolute atomic E-state index is 12.8. The van der Waals surface area contributed by atoms with Gasteiger partial charge in [-0.25, -0.2) is 4.57 Å². The molecular formula is C40H80N2O6P+. The van der Waals surface area contributed by atoms with Crippen molar-refractivity contribution in [2.45, 2.75) is 187 Å². The molecule has 0 aromatic heterocycles. The lowest BCUT2D eigenvalue weighted by Gasteiger charge is -2.26. The molecule has 9 heteroatoms. The van der Waals surface area contributed by atoms with Gasteiger partial charge < -0.3 is 19.8 Å². The molecule has 0 aliphatic heterocycles. The van der Waals surface area contributed by atoms with Crippen molar-refractivity contribution in [3.05, 3.63) is 24.3 Å². The molecule has 0 bridgehead atoms. The van der Waals surface area contributed by atoms with Crippen molar-refractivity contribution in [2.75, 3.05) is 40.9 Å². The minimum atomic E-state index is -4.30. The number of likely N-dealkylation sites (N-methyl/N-ethyl adjacent to an activating group) is 1. The largest absolute Gasteiger partial charge is 0.472 e. The zero-order chi connectivity index (χ0) is 36.5. The molecule has 290 valence electrons. The van der Waals surface area contributed by atoms with Crippen LogP contribution in [0.3, 0.4) is 0 Å². The third kappa shape index (κ3) is 35.2. The Hall–Kier alpha value is -1.02. The first kappa shape index (κ1) is 48.0. The number of nitrogens with zero attached hydrogens (tertiary/aromatic N) is 1. The Bertz CT molecular complexity index is 860. The molecule has 3 N–H and O–H groups in total. The Balaban J connectivity index is 4.36. The molecule has 0 spiro atoms. The number of rotatable bonds is 36. The van der Waals surface area contributed by atoms with Gasteiger partial charge in [-0.05, 0) is 44.9 Å². The molecular weight excluding hydrogens is 635 g/mol. The topological polar surface area (TPSA) is 105 Å². The molecule has 3 atom stereocenters. The van der Waals surface area contributed by atoms with E-state index in [2.05, 4.69) is 43.5 Å². The summed E-state index contributed by atoms with van der Waals surface area (Å²) in [5.41, 5.74) is 0. The summed E-state index contributed by atoms with van der Waals surface area (Å²) in [5.74, 6) is -0.156. The molecule has 0 saturated heterocycles.